The van der Waals surface area contributed by atoms with E-state index in [4.69, 9.17) is 0 Å². The fourth-order valence-electron chi connectivity index (χ4n) is 3.10. The molecule has 1 aliphatic heterocycles. The zero-order valence-corrected chi connectivity index (χ0v) is 13.5. The summed E-state index contributed by atoms with van der Waals surface area (Å²) in [6, 6.07) is 5.88. The molecule has 2 aromatic rings. The second-order valence-electron chi connectivity index (χ2n) is 6.25. The molecule has 0 saturated carbocycles. The van der Waals surface area contributed by atoms with Crippen molar-refractivity contribution in [2.24, 2.45) is 5.92 Å². The van der Waals surface area contributed by atoms with Crippen molar-refractivity contribution in [2.75, 3.05) is 19.6 Å². The van der Waals surface area contributed by atoms with E-state index in [1.807, 2.05) is 46.8 Å². The Morgan fingerprint density at radius 2 is 2.22 bits per heavy atom. The van der Waals surface area contributed by atoms with Crippen LogP contribution < -0.4 is 5.32 Å². The number of fused-ring (bicyclic) bond motifs is 1. The number of urea groups is 1. The van der Waals surface area contributed by atoms with Gasteiger partial charge in [-0.15, -0.1) is 0 Å². The van der Waals surface area contributed by atoms with E-state index < -0.39 is 0 Å². The maximum Gasteiger partial charge on any atom is 0.317 e. The zero-order chi connectivity index (χ0) is 16.2. The lowest BCUT2D eigenvalue weighted by Gasteiger charge is -2.33. The zero-order valence-electron chi connectivity index (χ0n) is 13.5. The summed E-state index contributed by atoms with van der Waals surface area (Å²) in [5.41, 5.74) is 1.90. The summed E-state index contributed by atoms with van der Waals surface area (Å²) in [6.45, 7) is 3.85. The standard InChI is InChI=1S/C17H24N4O2/c1-13(22)14-6-10-20(11-7-14)17(23)18-8-5-15-12-21-9-3-2-4-16(21)19-15/h2-4,9,12-14,22H,5-8,10-11H2,1H3,(H,18,23). The number of piperidine rings is 1. The van der Waals surface area contributed by atoms with Crippen LogP contribution in [0.4, 0.5) is 4.79 Å². The molecule has 1 fully saturated rings. The van der Waals surface area contributed by atoms with E-state index in [1.54, 1.807) is 0 Å². The molecular formula is C17H24N4O2. The van der Waals surface area contributed by atoms with Crippen LogP contribution in [0.3, 0.4) is 0 Å². The molecule has 6 nitrogen and oxygen atoms in total. The van der Waals surface area contributed by atoms with Gasteiger partial charge in [0, 0.05) is 38.4 Å². The molecule has 0 bridgehead atoms. The van der Waals surface area contributed by atoms with Crippen LogP contribution in [0, 0.1) is 5.92 Å². The predicted octanol–water partition coefficient (Wildman–Crippen LogP) is 1.68. The number of aliphatic hydroxyl groups is 1. The van der Waals surface area contributed by atoms with Gasteiger partial charge in [-0.05, 0) is 37.8 Å². The topological polar surface area (TPSA) is 69.9 Å². The van der Waals surface area contributed by atoms with Crippen molar-refractivity contribution in [2.45, 2.75) is 32.3 Å². The van der Waals surface area contributed by atoms with Gasteiger partial charge in [0.2, 0.25) is 0 Å². The van der Waals surface area contributed by atoms with E-state index in [0.717, 1.165) is 43.7 Å². The first-order chi connectivity index (χ1) is 11.1. The number of amides is 2. The second kappa shape index (κ2) is 7.00. The molecule has 3 rings (SSSR count). The van der Waals surface area contributed by atoms with Gasteiger partial charge in [-0.3, -0.25) is 0 Å². The maximum atomic E-state index is 12.2. The van der Waals surface area contributed by atoms with E-state index >= 15 is 0 Å². The molecule has 124 valence electrons. The van der Waals surface area contributed by atoms with Gasteiger partial charge in [0.25, 0.3) is 0 Å². The van der Waals surface area contributed by atoms with Gasteiger partial charge >= 0.3 is 6.03 Å². The summed E-state index contributed by atoms with van der Waals surface area (Å²) >= 11 is 0. The number of carbonyl (C=O) groups is 1. The fourth-order valence-corrected chi connectivity index (χ4v) is 3.10. The minimum absolute atomic E-state index is 0.0159. The van der Waals surface area contributed by atoms with Crippen molar-refractivity contribution in [1.82, 2.24) is 19.6 Å². The van der Waals surface area contributed by atoms with Crippen LogP contribution in [0.5, 0.6) is 0 Å². The number of rotatable bonds is 4. The van der Waals surface area contributed by atoms with Crippen molar-refractivity contribution < 1.29 is 9.90 Å². The number of likely N-dealkylation sites (tertiary alicyclic amines) is 1. The molecular weight excluding hydrogens is 292 g/mol. The Morgan fingerprint density at radius 3 is 2.91 bits per heavy atom. The molecule has 23 heavy (non-hydrogen) atoms. The Kier molecular flexibility index (Phi) is 4.81. The van der Waals surface area contributed by atoms with Gasteiger partial charge in [0.1, 0.15) is 5.65 Å². The third-order valence-corrected chi connectivity index (χ3v) is 4.58. The number of nitrogens with one attached hydrogen (secondary N) is 1. The van der Waals surface area contributed by atoms with E-state index in [2.05, 4.69) is 10.3 Å². The largest absolute Gasteiger partial charge is 0.393 e. The van der Waals surface area contributed by atoms with Gasteiger partial charge in [0.15, 0.2) is 0 Å². The molecule has 2 amide bonds. The number of pyridine rings is 1. The molecule has 6 heteroatoms. The minimum Gasteiger partial charge on any atom is -0.393 e. The Balaban J connectivity index is 1.44. The van der Waals surface area contributed by atoms with Gasteiger partial charge < -0.3 is 19.7 Å². The number of carbonyl (C=O) groups excluding carboxylic acids is 1. The van der Waals surface area contributed by atoms with Crippen LogP contribution in [-0.4, -0.2) is 51.2 Å². The van der Waals surface area contributed by atoms with Crippen LogP contribution in [-0.2, 0) is 6.42 Å². The minimum atomic E-state index is -0.282. The maximum absolute atomic E-state index is 12.2. The number of aliphatic hydroxyl groups excluding tert-OH is 1. The first-order valence-electron chi connectivity index (χ1n) is 8.27. The molecule has 1 atom stereocenters. The highest BCUT2D eigenvalue weighted by Gasteiger charge is 2.25. The summed E-state index contributed by atoms with van der Waals surface area (Å²) in [7, 11) is 0. The Hall–Kier alpha value is -2.08. The van der Waals surface area contributed by atoms with Crippen molar-refractivity contribution in [1.29, 1.82) is 0 Å². The van der Waals surface area contributed by atoms with Crippen molar-refractivity contribution >= 4 is 11.7 Å². The average Bonchev–Trinajstić information content (AvgIpc) is 2.97. The molecule has 0 aromatic carbocycles. The summed E-state index contributed by atoms with van der Waals surface area (Å²) < 4.78 is 1.98. The van der Waals surface area contributed by atoms with Gasteiger partial charge in [-0.1, -0.05) is 6.07 Å². The summed E-state index contributed by atoms with van der Waals surface area (Å²) in [4.78, 5) is 18.5. The van der Waals surface area contributed by atoms with Gasteiger partial charge in [0.05, 0.1) is 11.8 Å². The third kappa shape index (κ3) is 3.82. The number of aromatic nitrogens is 2. The lowest BCUT2D eigenvalue weighted by Crippen LogP contribution is -2.46. The number of nitrogens with zero attached hydrogens (tertiary/aromatic N) is 3. The van der Waals surface area contributed by atoms with Crippen LogP contribution in [0.1, 0.15) is 25.5 Å². The van der Waals surface area contributed by atoms with Crippen LogP contribution in [0.25, 0.3) is 5.65 Å². The van der Waals surface area contributed by atoms with E-state index in [9.17, 15) is 9.90 Å². The molecule has 1 unspecified atom stereocenters. The monoisotopic (exact) mass is 316 g/mol. The fraction of sp³-hybridized carbons (Fsp3) is 0.529. The highest BCUT2D eigenvalue weighted by molar-refractivity contribution is 5.74. The van der Waals surface area contributed by atoms with Gasteiger partial charge in [-0.25, -0.2) is 9.78 Å². The van der Waals surface area contributed by atoms with Crippen molar-refractivity contribution in [3.05, 3.63) is 36.3 Å². The van der Waals surface area contributed by atoms with E-state index in [0.29, 0.717) is 12.5 Å². The van der Waals surface area contributed by atoms with Crippen molar-refractivity contribution in [3.63, 3.8) is 0 Å². The molecule has 1 saturated heterocycles. The van der Waals surface area contributed by atoms with Crippen LogP contribution in [0.15, 0.2) is 30.6 Å². The van der Waals surface area contributed by atoms with E-state index in [-0.39, 0.29) is 12.1 Å². The summed E-state index contributed by atoms with van der Waals surface area (Å²) in [5.74, 6) is 0.317. The molecule has 1 aliphatic rings. The number of hydrogen-bond acceptors (Lipinski definition) is 3. The quantitative estimate of drug-likeness (QED) is 0.901. The first kappa shape index (κ1) is 15.8. The average molecular weight is 316 g/mol. The molecule has 3 heterocycles. The summed E-state index contributed by atoms with van der Waals surface area (Å²) in [5, 5.41) is 12.6. The first-order valence-corrected chi connectivity index (χ1v) is 8.27. The number of imidazole rings is 1. The highest BCUT2D eigenvalue weighted by Crippen LogP contribution is 2.20. The smallest absolute Gasteiger partial charge is 0.317 e. The molecule has 0 aliphatic carbocycles. The number of hydrogen-bond donors (Lipinski definition) is 2. The van der Waals surface area contributed by atoms with Gasteiger partial charge in [-0.2, -0.15) is 0 Å². The normalized spacial score (nSPS) is 17.4. The van der Waals surface area contributed by atoms with Crippen molar-refractivity contribution in [3.8, 4) is 0 Å². The summed E-state index contributed by atoms with van der Waals surface area (Å²) in [6.07, 6.45) is 6.15. The SMILES string of the molecule is CC(O)C1CCN(C(=O)NCCc2cn3ccccc3n2)CC1. The third-order valence-electron chi connectivity index (χ3n) is 4.58. The molecule has 2 N–H and O–H groups in total. The molecule has 0 spiro atoms. The molecule has 2 aromatic heterocycles. The Labute approximate surface area is 136 Å². The second-order valence-corrected chi connectivity index (χ2v) is 6.25. The van der Waals surface area contributed by atoms with Crippen LogP contribution in [0.2, 0.25) is 0 Å². The lowest BCUT2D eigenvalue weighted by molar-refractivity contribution is 0.0799. The Bertz CT molecular complexity index is 626. The van der Waals surface area contributed by atoms with E-state index in [1.165, 1.54) is 0 Å². The van der Waals surface area contributed by atoms with Crippen LogP contribution >= 0.6 is 0 Å². The Morgan fingerprint density at radius 1 is 1.43 bits per heavy atom. The lowest BCUT2D eigenvalue weighted by atomic mass is 9.92. The predicted molar refractivity (Wildman–Crippen MR) is 88.3 cm³/mol. The molecule has 0 radical (unpaired) electrons. The highest BCUT2D eigenvalue weighted by atomic mass is 16.3.